The number of ether oxygens (including phenoxy) is 1. The molecular weight excluding hydrogens is 422 g/mol. The quantitative estimate of drug-likeness (QED) is 0.313. The highest BCUT2D eigenvalue weighted by Crippen LogP contribution is 2.34. The highest BCUT2D eigenvalue weighted by atomic mass is 16.5. The van der Waals surface area contributed by atoms with Crippen LogP contribution in [0.15, 0.2) is 60.7 Å². The summed E-state index contributed by atoms with van der Waals surface area (Å²) in [5, 5.41) is 12.9. The Kier molecular flexibility index (Phi) is 7.48. The van der Waals surface area contributed by atoms with E-state index in [4.69, 9.17) is 14.8 Å². The predicted molar refractivity (Wildman–Crippen MR) is 141 cm³/mol. The van der Waals surface area contributed by atoms with Gasteiger partial charge < -0.3 is 15.4 Å². The molecule has 2 aromatic carbocycles. The normalized spacial score (nSPS) is 12.3. The van der Waals surface area contributed by atoms with Crippen LogP contribution in [-0.4, -0.2) is 40.0 Å². The van der Waals surface area contributed by atoms with Crippen LogP contribution in [0.3, 0.4) is 0 Å². The molecule has 4 rings (SSSR count). The van der Waals surface area contributed by atoms with Gasteiger partial charge in [-0.05, 0) is 44.5 Å². The molecule has 0 aliphatic carbocycles. The average molecular weight is 458 g/mol. The molecule has 0 bridgehead atoms. The number of benzene rings is 2. The fourth-order valence-electron chi connectivity index (χ4n) is 4.22. The van der Waals surface area contributed by atoms with Gasteiger partial charge in [-0.25, -0.2) is 9.67 Å². The molecule has 0 spiro atoms. The second-order valence-corrected chi connectivity index (χ2v) is 8.87. The lowest BCUT2D eigenvalue weighted by Crippen LogP contribution is -2.37. The standard InChI is InChI=1S/C28H35N5O/c1-6-24-27-26(34-7-2)17-25(31-28(27)33(32-24)23-11-9-8-10-12-23)21-13-15-22(16-14-21)29-18-20(5)30-19(3)4/h8-17,19-20,29-30H,6-7,18H2,1-5H3. The van der Waals surface area contributed by atoms with Crippen molar-refractivity contribution in [2.75, 3.05) is 18.5 Å². The van der Waals surface area contributed by atoms with Crippen molar-refractivity contribution in [1.82, 2.24) is 20.1 Å². The molecule has 0 radical (unpaired) electrons. The van der Waals surface area contributed by atoms with E-state index in [0.29, 0.717) is 18.7 Å². The molecule has 0 aliphatic rings. The maximum absolute atomic E-state index is 6.08. The minimum atomic E-state index is 0.392. The number of nitrogens with zero attached hydrogens (tertiary/aromatic N) is 3. The third kappa shape index (κ3) is 5.23. The number of fused-ring (bicyclic) bond motifs is 1. The Morgan fingerprint density at radius 3 is 2.35 bits per heavy atom. The van der Waals surface area contributed by atoms with Crippen molar-refractivity contribution in [1.29, 1.82) is 0 Å². The fraction of sp³-hybridized carbons (Fsp3) is 0.357. The number of nitrogens with one attached hydrogen (secondary N) is 2. The van der Waals surface area contributed by atoms with Gasteiger partial charge in [-0.15, -0.1) is 0 Å². The first-order valence-electron chi connectivity index (χ1n) is 12.2. The van der Waals surface area contributed by atoms with Gasteiger partial charge in [0.15, 0.2) is 5.65 Å². The highest BCUT2D eigenvalue weighted by molar-refractivity contribution is 5.89. The molecule has 6 nitrogen and oxygen atoms in total. The fourth-order valence-corrected chi connectivity index (χ4v) is 4.22. The van der Waals surface area contributed by atoms with Gasteiger partial charge in [-0.1, -0.05) is 51.1 Å². The van der Waals surface area contributed by atoms with Gasteiger partial charge in [-0.2, -0.15) is 5.10 Å². The van der Waals surface area contributed by atoms with Gasteiger partial charge in [0.2, 0.25) is 0 Å². The Morgan fingerprint density at radius 1 is 0.971 bits per heavy atom. The lowest BCUT2D eigenvalue weighted by molar-refractivity contribution is 0.344. The van der Waals surface area contributed by atoms with Crippen LogP contribution in [0, 0.1) is 0 Å². The molecule has 0 fully saturated rings. The van der Waals surface area contributed by atoms with E-state index in [9.17, 15) is 0 Å². The Morgan fingerprint density at radius 2 is 1.71 bits per heavy atom. The van der Waals surface area contributed by atoms with Crippen molar-refractivity contribution in [3.8, 4) is 22.7 Å². The third-order valence-electron chi connectivity index (χ3n) is 5.72. The highest BCUT2D eigenvalue weighted by Gasteiger charge is 2.19. The Hall–Kier alpha value is -3.38. The first-order valence-corrected chi connectivity index (χ1v) is 12.2. The summed E-state index contributed by atoms with van der Waals surface area (Å²) in [4.78, 5) is 5.06. The van der Waals surface area contributed by atoms with Crippen LogP contribution in [0.5, 0.6) is 5.75 Å². The summed E-state index contributed by atoms with van der Waals surface area (Å²) in [6.07, 6.45) is 0.807. The lowest BCUT2D eigenvalue weighted by atomic mass is 10.1. The Labute approximate surface area is 202 Å². The van der Waals surface area contributed by atoms with Gasteiger partial charge >= 0.3 is 0 Å². The van der Waals surface area contributed by atoms with Crippen molar-refractivity contribution >= 4 is 16.7 Å². The van der Waals surface area contributed by atoms with E-state index in [1.807, 2.05) is 35.9 Å². The Balaban J connectivity index is 1.70. The summed E-state index contributed by atoms with van der Waals surface area (Å²) in [7, 11) is 0. The Bertz CT molecular complexity index is 1220. The molecule has 1 unspecified atom stereocenters. The summed E-state index contributed by atoms with van der Waals surface area (Å²) in [5.74, 6) is 0.831. The minimum absolute atomic E-state index is 0.392. The lowest BCUT2D eigenvalue weighted by Gasteiger charge is -2.18. The third-order valence-corrected chi connectivity index (χ3v) is 5.72. The van der Waals surface area contributed by atoms with Crippen LogP contribution >= 0.6 is 0 Å². The number of rotatable bonds is 10. The molecule has 34 heavy (non-hydrogen) atoms. The summed E-state index contributed by atoms with van der Waals surface area (Å²) >= 11 is 0. The number of anilines is 1. The zero-order valence-corrected chi connectivity index (χ0v) is 20.8. The van der Waals surface area contributed by atoms with E-state index >= 15 is 0 Å². The number of hydrogen-bond acceptors (Lipinski definition) is 5. The average Bonchev–Trinajstić information content (AvgIpc) is 3.22. The second kappa shape index (κ2) is 10.7. The van der Waals surface area contributed by atoms with E-state index in [0.717, 1.165) is 58.1 Å². The van der Waals surface area contributed by atoms with E-state index < -0.39 is 0 Å². The van der Waals surface area contributed by atoms with Gasteiger partial charge in [-0.3, -0.25) is 0 Å². The van der Waals surface area contributed by atoms with Crippen molar-refractivity contribution < 1.29 is 4.74 Å². The number of hydrogen-bond donors (Lipinski definition) is 2. The van der Waals surface area contributed by atoms with Crippen molar-refractivity contribution in [2.24, 2.45) is 0 Å². The van der Waals surface area contributed by atoms with Crippen molar-refractivity contribution in [3.63, 3.8) is 0 Å². The first kappa shape index (κ1) is 23.8. The van der Waals surface area contributed by atoms with Gasteiger partial charge in [0, 0.05) is 35.9 Å². The molecule has 2 N–H and O–H groups in total. The van der Waals surface area contributed by atoms with Gasteiger partial charge in [0.05, 0.1) is 29.1 Å². The number of para-hydroxylation sites is 1. The van der Waals surface area contributed by atoms with Crippen molar-refractivity contribution in [3.05, 3.63) is 66.4 Å². The largest absolute Gasteiger partial charge is 0.493 e. The van der Waals surface area contributed by atoms with Crippen LogP contribution in [-0.2, 0) is 6.42 Å². The summed E-state index contributed by atoms with van der Waals surface area (Å²) in [6, 6.07) is 21.5. The molecular formula is C28H35N5O. The molecule has 1 atom stereocenters. The molecule has 0 aliphatic heterocycles. The molecule has 4 aromatic rings. The summed E-state index contributed by atoms with van der Waals surface area (Å²) in [6.45, 7) is 12.1. The van der Waals surface area contributed by atoms with E-state index in [1.54, 1.807) is 0 Å². The monoisotopic (exact) mass is 457 g/mol. The minimum Gasteiger partial charge on any atom is -0.493 e. The smallest absolute Gasteiger partial charge is 0.167 e. The number of pyridine rings is 1. The molecule has 178 valence electrons. The van der Waals surface area contributed by atoms with E-state index in [2.05, 4.69) is 74.7 Å². The molecule has 2 heterocycles. The molecule has 0 saturated heterocycles. The summed E-state index contributed by atoms with van der Waals surface area (Å²) < 4.78 is 8.01. The zero-order valence-electron chi connectivity index (χ0n) is 20.8. The van der Waals surface area contributed by atoms with Crippen LogP contribution in [0.25, 0.3) is 28.0 Å². The maximum Gasteiger partial charge on any atom is 0.167 e. The van der Waals surface area contributed by atoms with E-state index in [1.165, 1.54) is 0 Å². The first-order chi connectivity index (χ1) is 16.5. The van der Waals surface area contributed by atoms with Gasteiger partial charge in [0.25, 0.3) is 0 Å². The maximum atomic E-state index is 6.08. The zero-order chi connectivity index (χ0) is 24.1. The molecule has 0 saturated carbocycles. The van der Waals surface area contributed by atoms with Crippen LogP contribution in [0.1, 0.15) is 40.3 Å². The molecule has 0 amide bonds. The molecule has 6 heteroatoms. The number of aryl methyl sites for hydroxylation is 1. The topological polar surface area (TPSA) is 64.0 Å². The van der Waals surface area contributed by atoms with Crippen LogP contribution < -0.4 is 15.4 Å². The SMILES string of the molecule is CCOc1cc(-c2ccc(NCC(C)NC(C)C)cc2)nc2c1c(CC)nn2-c1ccccc1. The second-order valence-electron chi connectivity index (χ2n) is 8.87. The predicted octanol–water partition coefficient (Wildman–Crippen LogP) is 5.85. The molecule has 2 aromatic heterocycles. The van der Waals surface area contributed by atoms with E-state index in [-0.39, 0.29) is 0 Å². The van der Waals surface area contributed by atoms with Gasteiger partial charge in [0.1, 0.15) is 5.75 Å². The summed E-state index contributed by atoms with van der Waals surface area (Å²) in [5.41, 5.74) is 5.81. The van der Waals surface area contributed by atoms with Crippen molar-refractivity contribution in [2.45, 2.75) is 53.1 Å². The van der Waals surface area contributed by atoms with Crippen LogP contribution in [0.2, 0.25) is 0 Å². The van der Waals surface area contributed by atoms with Crippen LogP contribution in [0.4, 0.5) is 5.69 Å². The number of aromatic nitrogens is 3.